The molecule has 0 spiro atoms. The lowest BCUT2D eigenvalue weighted by atomic mass is 10.3. The Kier molecular flexibility index (Phi) is 4.42. The zero-order chi connectivity index (χ0) is 14.9. The number of aliphatic hydroxyl groups is 1. The molecule has 0 aliphatic carbocycles. The Labute approximate surface area is 127 Å². The lowest BCUT2D eigenvalue weighted by Gasteiger charge is -2.14. The van der Waals surface area contributed by atoms with E-state index in [4.69, 9.17) is 16.7 Å². The molecule has 8 heteroatoms. The number of benzene rings is 1. The molecule has 1 aliphatic heterocycles. The van der Waals surface area contributed by atoms with E-state index in [1.165, 1.54) is 6.07 Å². The largest absolute Gasteiger partial charge is 0.395 e. The van der Waals surface area contributed by atoms with Gasteiger partial charge < -0.3 is 10.4 Å². The maximum atomic E-state index is 13.8. The number of amides is 2. The summed E-state index contributed by atoms with van der Waals surface area (Å²) in [5.41, 5.74) is -0.0574. The van der Waals surface area contributed by atoms with Crippen molar-refractivity contribution in [3.05, 3.63) is 39.2 Å². The number of carbonyl (C=O) groups is 2. The van der Waals surface area contributed by atoms with Crippen LogP contribution in [0.3, 0.4) is 0 Å². The summed E-state index contributed by atoms with van der Waals surface area (Å²) < 4.78 is 14.1. The van der Waals surface area contributed by atoms with Crippen molar-refractivity contribution in [3.63, 3.8) is 0 Å². The molecule has 20 heavy (non-hydrogen) atoms. The van der Waals surface area contributed by atoms with Crippen LogP contribution in [-0.2, 0) is 9.59 Å². The van der Waals surface area contributed by atoms with Gasteiger partial charge in [-0.1, -0.05) is 11.6 Å². The van der Waals surface area contributed by atoms with Gasteiger partial charge in [-0.3, -0.25) is 14.5 Å². The first-order valence-electron chi connectivity index (χ1n) is 5.54. The second kappa shape index (κ2) is 5.90. The molecule has 2 amide bonds. The molecule has 1 aromatic carbocycles. The molecule has 0 fully saturated rings. The smallest absolute Gasteiger partial charge is 0.277 e. The monoisotopic (exact) mass is 362 g/mol. The van der Waals surface area contributed by atoms with Crippen LogP contribution >= 0.6 is 27.5 Å². The van der Waals surface area contributed by atoms with Crippen molar-refractivity contribution in [2.24, 2.45) is 0 Å². The first-order chi connectivity index (χ1) is 9.43. The summed E-state index contributed by atoms with van der Waals surface area (Å²) in [5, 5.41) is 11.5. The lowest BCUT2D eigenvalue weighted by Crippen LogP contribution is -2.34. The zero-order valence-electron chi connectivity index (χ0n) is 9.99. The van der Waals surface area contributed by atoms with E-state index < -0.39 is 17.6 Å². The third-order valence-corrected chi connectivity index (χ3v) is 3.44. The lowest BCUT2D eigenvalue weighted by molar-refractivity contribution is -0.137. The van der Waals surface area contributed by atoms with E-state index in [1.54, 1.807) is 0 Å². The normalized spacial score (nSPS) is 14.8. The van der Waals surface area contributed by atoms with Gasteiger partial charge in [0.05, 0.1) is 18.8 Å². The maximum absolute atomic E-state index is 13.8. The van der Waals surface area contributed by atoms with Crippen LogP contribution < -0.4 is 5.32 Å². The van der Waals surface area contributed by atoms with Crippen LogP contribution in [0.25, 0.3) is 0 Å². The highest BCUT2D eigenvalue weighted by molar-refractivity contribution is 9.10. The summed E-state index contributed by atoms with van der Waals surface area (Å²) in [6.45, 7) is -0.443. The number of rotatable bonds is 4. The fraction of sp³-hybridized carbons (Fsp3) is 0.167. The van der Waals surface area contributed by atoms with Crippen LogP contribution in [-0.4, -0.2) is 35.0 Å². The fourth-order valence-corrected chi connectivity index (χ4v) is 2.58. The van der Waals surface area contributed by atoms with Crippen molar-refractivity contribution in [3.8, 4) is 0 Å². The molecule has 1 aromatic rings. The summed E-state index contributed by atoms with van der Waals surface area (Å²) in [6, 6.07) is 2.54. The number of imide groups is 1. The van der Waals surface area contributed by atoms with Gasteiger partial charge in [0.2, 0.25) is 0 Å². The van der Waals surface area contributed by atoms with Gasteiger partial charge in [0.1, 0.15) is 11.5 Å². The first kappa shape index (κ1) is 15.0. The molecule has 106 valence electrons. The molecule has 0 radical (unpaired) electrons. The molecule has 0 atom stereocenters. The van der Waals surface area contributed by atoms with E-state index >= 15 is 0 Å². The van der Waals surface area contributed by atoms with Crippen LogP contribution in [0.5, 0.6) is 0 Å². The summed E-state index contributed by atoms with van der Waals surface area (Å²) in [4.78, 5) is 24.3. The molecule has 2 N–H and O–H groups in total. The summed E-state index contributed by atoms with van der Waals surface area (Å²) in [5.74, 6) is -1.84. The van der Waals surface area contributed by atoms with Crippen molar-refractivity contribution in [2.45, 2.75) is 0 Å². The van der Waals surface area contributed by atoms with Crippen molar-refractivity contribution < 1.29 is 19.1 Å². The van der Waals surface area contributed by atoms with Crippen molar-refractivity contribution in [2.75, 3.05) is 18.5 Å². The van der Waals surface area contributed by atoms with Gasteiger partial charge in [0, 0.05) is 15.6 Å². The molecule has 0 unspecified atom stereocenters. The van der Waals surface area contributed by atoms with Crippen molar-refractivity contribution in [1.82, 2.24) is 4.90 Å². The van der Waals surface area contributed by atoms with E-state index in [0.29, 0.717) is 4.47 Å². The van der Waals surface area contributed by atoms with E-state index in [2.05, 4.69) is 21.2 Å². The van der Waals surface area contributed by atoms with Crippen LogP contribution in [0, 0.1) is 5.82 Å². The molecule has 5 nitrogen and oxygen atoms in total. The number of anilines is 1. The Hall–Kier alpha value is -1.44. The average Bonchev–Trinajstić information content (AvgIpc) is 2.62. The van der Waals surface area contributed by atoms with Crippen molar-refractivity contribution in [1.29, 1.82) is 0 Å². The molecule has 0 aromatic heterocycles. The SMILES string of the molecule is O=C1C=C(Nc2c(F)cc(Cl)cc2Br)C(=O)N1CCO. The van der Waals surface area contributed by atoms with Gasteiger partial charge in [-0.15, -0.1) is 0 Å². The second-order valence-corrected chi connectivity index (χ2v) is 5.24. The predicted octanol–water partition coefficient (Wildman–Crippen LogP) is 1.90. The third-order valence-electron chi connectivity index (χ3n) is 2.60. The van der Waals surface area contributed by atoms with Gasteiger partial charge in [-0.05, 0) is 28.1 Å². The highest BCUT2D eigenvalue weighted by Gasteiger charge is 2.31. The zero-order valence-corrected chi connectivity index (χ0v) is 12.3. The van der Waals surface area contributed by atoms with E-state index in [0.717, 1.165) is 17.0 Å². The fourth-order valence-electron chi connectivity index (χ4n) is 1.71. The molecular formula is C12H9BrClFN2O3. The van der Waals surface area contributed by atoms with Crippen LogP contribution in [0.15, 0.2) is 28.4 Å². The number of carbonyl (C=O) groups excluding carboxylic acids is 2. The second-order valence-electron chi connectivity index (χ2n) is 3.95. The number of halogens is 3. The Bertz CT molecular complexity index is 598. The minimum absolute atomic E-state index is 0.00708. The number of nitrogens with zero attached hydrogens (tertiary/aromatic N) is 1. The third kappa shape index (κ3) is 2.84. The van der Waals surface area contributed by atoms with Crippen LogP contribution in [0.1, 0.15) is 0 Å². The Morgan fingerprint density at radius 3 is 2.70 bits per heavy atom. The molecule has 1 heterocycles. The van der Waals surface area contributed by atoms with Gasteiger partial charge in [0.15, 0.2) is 0 Å². The topological polar surface area (TPSA) is 69.6 Å². The number of nitrogens with one attached hydrogen (secondary N) is 1. The standard InChI is InChI=1S/C12H9BrClFN2O3/c13-7-3-6(14)4-8(15)11(7)16-9-5-10(19)17(1-2-18)12(9)20/h3-5,16,18H,1-2H2. The van der Waals surface area contributed by atoms with Crippen LogP contribution in [0.4, 0.5) is 10.1 Å². The maximum Gasteiger partial charge on any atom is 0.277 e. The average molecular weight is 364 g/mol. The van der Waals surface area contributed by atoms with Gasteiger partial charge in [0.25, 0.3) is 11.8 Å². The number of hydrogen-bond donors (Lipinski definition) is 2. The van der Waals surface area contributed by atoms with Crippen molar-refractivity contribution >= 4 is 45.0 Å². The minimum Gasteiger partial charge on any atom is -0.395 e. The summed E-state index contributed by atoms with van der Waals surface area (Å²) in [6.07, 6.45) is 1.05. The van der Waals surface area contributed by atoms with E-state index in [1.807, 2.05) is 0 Å². The van der Waals surface area contributed by atoms with E-state index in [-0.39, 0.29) is 29.6 Å². The first-order valence-corrected chi connectivity index (χ1v) is 6.71. The Morgan fingerprint density at radius 2 is 2.10 bits per heavy atom. The molecule has 0 bridgehead atoms. The molecule has 1 aliphatic rings. The van der Waals surface area contributed by atoms with E-state index in [9.17, 15) is 14.0 Å². The van der Waals surface area contributed by atoms with Crippen LogP contribution in [0.2, 0.25) is 5.02 Å². The predicted molar refractivity (Wildman–Crippen MR) is 74.6 cm³/mol. The molecule has 0 saturated carbocycles. The number of aliphatic hydroxyl groups excluding tert-OH is 1. The van der Waals surface area contributed by atoms with Gasteiger partial charge >= 0.3 is 0 Å². The minimum atomic E-state index is -0.661. The summed E-state index contributed by atoms with van der Waals surface area (Å²) >= 11 is 8.81. The Morgan fingerprint density at radius 1 is 1.40 bits per heavy atom. The van der Waals surface area contributed by atoms with Gasteiger partial charge in [-0.25, -0.2) is 4.39 Å². The molecule has 2 rings (SSSR count). The molecular weight excluding hydrogens is 354 g/mol. The number of β-amino-alcohol motifs (C(OH)–C–C–N with tert-alkyl or cyclic N) is 1. The summed E-state index contributed by atoms with van der Waals surface area (Å²) in [7, 11) is 0. The van der Waals surface area contributed by atoms with Gasteiger partial charge in [-0.2, -0.15) is 0 Å². The Balaban J connectivity index is 2.26. The molecule has 0 saturated heterocycles. The highest BCUT2D eigenvalue weighted by Crippen LogP contribution is 2.31. The highest BCUT2D eigenvalue weighted by atomic mass is 79.9. The quantitative estimate of drug-likeness (QED) is 0.802. The number of hydrogen-bond acceptors (Lipinski definition) is 4.